The van der Waals surface area contributed by atoms with Gasteiger partial charge < -0.3 is 19.0 Å². The Bertz CT molecular complexity index is 921. The number of allylic oxidation sites excluding steroid dienone is 1. The minimum absolute atomic E-state index is 0.312. The molecule has 0 fully saturated rings. The van der Waals surface area contributed by atoms with Crippen molar-refractivity contribution in [1.29, 1.82) is 0 Å². The van der Waals surface area contributed by atoms with Gasteiger partial charge in [-0.3, -0.25) is 0 Å². The number of unbranched alkanes of at least 4 members (excludes halogenated alkanes) is 2. The zero-order valence-electron chi connectivity index (χ0n) is 19.8. The van der Waals surface area contributed by atoms with E-state index in [2.05, 4.69) is 5.16 Å². The van der Waals surface area contributed by atoms with Crippen LogP contribution < -0.4 is 9.47 Å². The number of benzene rings is 2. The Morgan fingerprint density at radius 3 is 2.36 bits per heavy atom. The number of nitrogens with zero attached hydrogens (tertiary/aromatic N) is 1. The highest BCUT2D eigenvalue weighted by Gasteiger charge is 2.11. The normalized spacial score (nSPS) is 11.8. The van der Waals surface area contributed by atoms with Crippen LogP contribution in [-0.2, 0) is 9.57 Å². The molecule has 0 saturated heterocycles. The lowest BCUT2D eigenvalue weighted by molar-refractivity contribution is 0.157. The summed E-state index contributed by atoms with van der Waals surface area (Å²) in [5.41, 5.74) is 3.55. The lowest BCUT2D eigenvalue weighted by Gasteiger charge is -2.14. The van der Waals surface area contributed by atoms with E-state index in [1.807, 2.05) is 51.1 Å². The third-order valence-electron chi connectivity index (χ3n) is 4.88. The molecule has 2 aromatic carbocycles. The maximum atomic E-state index is 6.27. The zero-order valence-corrected chi connectivity index (χ0v) is 21.3. The summed E-state index contributed by atoms with van der Waals surface area (Å²) in [6, 6.07) is 9.30. The second-order valence-electron chi connectivity index (χ2n) is 7.57. The lowest BCUT2D eigenvalue weighted by atomic mass is 10.1. The van der Waals surface area contributed by atoms with E-state index in [0.717, 1.165) is 47.5 Å². The molecule has 0 amide bonds. The Labute approximate surface area is 207 Å². The predicted molar refractivity (Wildman–Crippen MR) is 136 cm³/mol. The summed E-state index contributed by atoms with van der Waals surface area (Å²) in [7, 11) is 1.50. The monoisotopic (exact) mass is 493 g/mol. The van der Waals surface area contributed by atoms with Crippen LogP contribution in [0.25, 0.3) is 0 Å². The highest BCUT2D eigenvalue weighted by atomic mass is 35.5. The standard InChI is InChI=1S/C26H33Cl2NO4/c1-5-6-13-32-22-15-19(2)26(20(3)16-22)33-14-9-7-8-12-31-18-25(29-30-4)23-11-10-21(27)17-24(23)28/h5-6,10-11,15-17H,7-9,12-14,18H2,1-4H3/b6-5+,29-25+. The minimum Gasteiger partial charge on any atom is -0.493 e. The Balaban J connectivity index is 1.70. The fraction of sp³-hybridized carbons (Fsp3) is 0.423. The summed E-state index contributed by atoms with van der Waals surface area (Å²) in [5, 5.41) is 5.13. The molecule has 0 unspecified atom stereocenters. The number of oxime groups is 1. The molecule has 2 rings (SSSR count). The maximum absolute atomic E-state index is 6.27. The summed E-state index contributed by atoms with van der Waals surface area (Å²) in [5.74, 6) is 1.80. The molecule has 0 atom stereocenters. The molecule has 0 N–H and O–H groups in total. The van der Waals surface area contributed by atoms with Crippen LogP contribution in [0.15, 0.2) is 47.6 Å². The van der Waals surface area contributed by atoms with Crippen LogP contribution in [0.2, 0.25) is 10.0 Å². The number of aryl methyl sites for hydroxylation is 2. The van der Waals surface area contributed by atoms with Crippen LogP contribution in [0.3, 0.4) is 0 Å². The van der Waals surface area contributed by atoms with Crippen LogP contribution in [0.4, 0.5) is 0 Å². The van der Waals surface area contributed by atoms with Crippen molar-refractivity contribution in [3.63, 3.8) is 0 Å². The van der Waals surface area contributed by atoms with Crippen LogP contribution in [0.5, 0.6) is 11.5 Å². The maximum Gasteiger partial charge on any atom is 0.125 e. The summed E-state index contributed by atoms with van der Waals surface area (Å²) in [6.45, 7) is 8.24. The van der Waals surface area contributed by atoms with Gasteiger partial charge in [0.2, 0.25) is 0 Å². The van der Waals surface area contributed by atoms with Gasteiger partial charge in [0.1, 0.15) is 30.9 Å². The molecule has 0 bridgehead atoms. The number of rotatable bonds is 14. The van der Waals surface area contributed by atoms with Gasteiger partial charge in [-0.15, -0.1) is 0 Å². The van der Waals surface area contributed by atoms with Gasteiger partial charge >= 0.3 is 0 Å². The summed E-state index contributed by atoms with van der Waals surface area (Å²) in [4.78, 5) is 4.94. The van der Waals surface area contributed by atoms with Crippen LogP contribution in [0, 0.1) is 13.8 Å². The van der Waals surface area contributed by atoms with Crippen LogP contribution >= 0.6 is 23.2 Å². The highest BCUT2D eigenvalue weighted by Crippen LogP contribution is 2.29. The fourth-order valence-corrected chi connectivity index (χ4v) is 3.79. The van der Waals surface area contributed by atoms with E-state index in [0.29, 0.717) is 42.2 Å². The fourth-order valence-electron chi connectivity index (χ4n) is 3.28. The summed E-state index contributed by atoms with van der Waals surface area (Å²) >= 11 is 12.2. The zero-order chi connectivity index (χ0) is 24.1. The molecule has 180 valence electrons. The van der Waals surface area contributed by atoms with Gasteiger partial charge in [0.25, 0.3) is 0 Å². The van der Waals surface area contributed by atoms with Crippen LogP contribution in [-0.4, -0.2) is 39.2 Å². The largest absolute Gasteiger partial charge is 0.493 e. The molecular weight excluding hydrogens is 461 g/mol. The van der Waals surface area contributed by atoms with E-state index in [-0.39, 0.29) is 0 Å². The van der Waals surface area contributed by atoms with Crippen molar-refractivity contribution in [3.8, 4) is 11.5 Å². The molecule has 0 spiro atoms. The molecule has 5 nitrogen and oxygen atoms in total. The first-order chi connectivity index (χ1) is 16.0. The van der Waals surface area contributed by atoms with Crippen molar-refractivity contribution in [2.24, 2.45) is 5.16 Å². The van der Waals surface area contributed by atoms with E-state index < -0.39 is 0 Å². The SMILES string of the molecule is C/C=C/COc1cc(C)c(OCCCCCOC/C(=N\OC)c2ccc(Cl)cc2Cl)c(C)c1. The molecule has 0 aromatic heterocycles. The highest BCUT2D eigenvalue weighted by molar-refractivity contribution is 6.37. The summed E-state index contributed by atoms with van der Waals surface area (Å²) < 4.78 is 17.5. The first-order valence-electron chi connectivity index (χ1n) is 11.1. The molecular formula is C26H33Cl2NO4. The average molecular weight is 494 g/mol. The van der Waals surface area contributed by atoms with E-state index in [9.17, 15) is 0 Å². The number of hydrogen-bond acceptors (Lipinski definition) is 5. The van der Waals surface area contributed by atoms with E-state index in [1.54, 1.807) is 12.1 Å². The Kier molecular flexibility index (Phi) is 12.2. The van der Waals surface area contributed by atoms with Crippen molar-refractivity contribution in [3.05, 3.63) is 69.2 Å². The molecule has 0 aliphatic rings. The third kappa shape index (κ3) is 9.28. The Morgan fingerprint density at radius 2 is 1.70 bits per heavy atom. The van der Waals surface area contributed by atoms with Gasteiger partial charge in [0, 0.05) is 17.2 Å². The van der Waals surface area contributed by atoms with E-state index >= 15 is 0 Å². The van der Waals surface area contributed by atoms with E-state index in [1.165, 1.54) is 7.11 Å². The lowest BCUT2D eigenvalue weighted by Crippen LogP contribution is -2.12. The first kappa shape index (κ1) is 27.0. The molecule has 33 heavy (non-hydrogen) atoms. The van der Waals surface area contributed by atoms with Gasteiger partial charge in [-0.25, -0.2) is 0 Å². The quantitative estimate of drug-likeness (QED) is 0.121. The Hall–Kier alpha value is -2.21. The second kappa shape index (κ2) is 14.8. The summed E-state index contributed by atoms with van der Waals surface area (Å²) in [6.07, 6.45) is 6.83. The molecule has 0 heterocycles. The Morgan fingerprint density at radius 1 is 0.970 bits per heavy atom. The molecule has 2 aromatic rings. The van der Waals surface area contributed by atoms with Crippen molar-refractivity contribution < 1.29 is 19.0 Å². The number of ether oxygens (including phenoxy) is 3. The minimum atomic E-state index is 0.312. The molecule has 0 radical (unpaired) electrons. The van der Waals surface area contributed by atoms with Gasteiger partial charge in [-0.2, -0.15) is 0 Å². The van der Waals surface area contributed by atoms with Crippen molar-refractivity contribution in [1.82, 2.24) is 0 Å². The first-order valence-corrected chi connectivity index (χ1v) is 11.8. The van der Waals surface area contributed by atoms with Crippen LogP contribution in [0.1, 0.15) is 42.9 Å². The smallest absolute Gasteiger partial charge is 0.125 e. The second-order valence-corrected chi connectivity index (χ2v) is 8.42. The van der Waals surface area contributed by atoms with Gasteiger partial charge in [0.15, 0.2) is 0 Å². The molecule has 7 heteroatoms. The third-order valence-corrected chi connectivity index (χ3v) is 5.43. The van der Waals surface area contributed by atoms with Gasteiger partial charge in [-0.05, 0) is 81.5 Å². The number of halogens is 2. The van der Waals surface area contributed by atoms with Crippen molar-refractivity contribution in [2.75, 3.05) is 33.5 Å². The van der Waals surface area contributed by atoms with Crippen molar-refractivity contribution >= 4 is 28.9 Å². The van der Waals surface area contributed by atoms with Crippen molar-refractivity contribution in [2.45, 2.75) is 40.0 Å². The van der Waals surface area contributed by atoms with Gasteiger partial charge in [0.05, 0.1) is 18.2 Å². The predicted octanol–water partition coefficient (Wildman–Crippen LogP) is 7.18. The van der Waals surface area contributed by atoms with Gasteiger partial charge in [-0.1, -0.05) is 40.5 Å². The molecule has 0 saturated carbocycles. The average Bonchev–Trinajstić information content (AvgIpc) is 2.76. The molecule has 0 aliphatic carbocycles. The van der Waals surface area contributed by atoms with E-state index in [4.69, 9.17) is 42.3 Å². The number of hydrogen-bond donors (Lipinski definition) is 0. The topological polar surface area (TPSA) is 49.3 Å². The molecule has 0 aliphatic heterocycles.